The van der Waals surface area contributed by atoms with Crippen LogP contribution in [-0.4, -0.2) is 32.2 Å². The number of morpholine rings is 1. The molecule has 27 heavy (non-hydrogen) atoms. The average molecular weight is 368 g/mol. The van der Waals surface area contributed by atoms with E-state index in [-0.39, 0.29) is 5.91 Å². The van der Waals surface area contributed by atoms with Crippen LogP contribution < -0.4 is 10.2 Å². The van der Waals surface area contributed by atoms with E-state index >= 15 is 0 Å². The number of ether oxygens (including phenoxy) is 1. The van der Waals surface area contributed by atoms with E-state index in [0.717, 1.165) is 44.8 Å². The first-order valence-corrected chi connectivity index (χ1v) is 9.97. The van der Waals surface area contributed by atoms with Crippen molar-refractivity contribution in [2.45, 2.75) is 33.4 Å². The molecule has 2 aromatic carbocycles. The Morgan fingerprint density at radius 1 is 1.04 bits per heavy atom. The predicted octanol–water partition coefficient (Wildman–Crippen LogP) is 2.23. The Balaban J connectivity index is 1.58. The molecule has 1 amide bonds. The third-order valence-electron chi connectivity index (χ3n) is 5.06. The summed E-state index contributed by atoms with van der Waals surface area (Å²) in [5, 5.41) is 3.08. The van der Waals surface area contributed by atoms with Crippen molar-refractivity contribution in [2.24, 2.45) is 5.92 Å². The maximum atomic E-state index is 12.5. The van der Waals surface area contributed by atoms with Gasteiger partial charge in [0, 0.05) is 17.7 Å². The zero-order valence-electron chi connectivity index (χ0n) is 16.5. The second-order valence-corrected chi connectivity index (χ2v) is 7.79. The van der Waals surface area contributed by atoms with Crippen molar-refractivity contribution >= 4 is 5.91 Å². The summed E-state index contributed by atoms with van der Waals surface area (Å²) in [5.74, 6) is 0.606. The number of nitrogens with one attached hydrogen (secondary N) is 2. The van der Waals surface area contributed by atoms with Crippen LogP contribution in [0.5, 0.6) is 0 Å². The molecule has 0 unspecified atom stereocenters. The molecule has 1 fully saturated rings. The standard InChI is InChI=1S/C23H30N2O2/c1-18(2)15-19-7-9-20(10-8-19)23(26)24-16-21-5-3-4-6-22(21)17-25-11-13-27-14-12-25/h3-10,18H,11-17H2,1-2H3,(H,24,26)/p+1. The Morgan fingerprint density at radius 3 is 2.37 bits per heavy atom. The monoisotopic (exact) mass is 367 g/mol. The number of hydrogen-bond acceptors (Lipinski definition) is 2. The molecular formula is C23H31N2O2+. The number of amides is 1. The number of rotatable bonds is 7. The highest BCUT2D eigenvalue weighted by atomic mass is 16.5. The summed E-state index contributed by atoms with van der Waals surface area (Å²) in [6, 6.07) is 16.4. The predicted molar refractivity (Wildman–Crippen MR) is 108 cm³/mol. The van der Waals surface area contributed by atoms with Gasteiger partial charge in [-0.05, 0) is 35.6 Å². The topological polar surface area (TPSA) is 42.8 Å². The smallest absolute Gasteiger partial charge is 0.251 e. The molecule has 0 radical (unpaired) electrons. The Kier molecular flexibility index (Phi) is 7.02. The SMILES string of the molecule is CC(C)Cc1ccc(C(=O)NCc2ccccc2C[NH+]2CCOCC2)cc1. The molecule has 1 aliphatic rings. The third-order valence-corrected chi connectivity index (χ3v) is 5.06. The van der Waals surface area contributed by atoms with Gasteiger partial charge in [-0.2, -0.15) is 0 Å². The molecule has 3 rings (SSSR count). The van der Waals surface area contributed by atoms with E-state index in [9.17, 15) is 4.79 Å². The highest BCUT2D eigenvalue weighted by molar-refractivity contribution is 5.94. The van der Waals surface area contributed by atoms with Crippen molar-refractivity contribution in [3.8, 4) is 0 Å². The highest BCUT2D eigenvalue weighted by Crippen LogP contribution is 2.11. The molecule has 0 bridgehead atoms. The van der Waals surface area contributed by atoms with Gasteiger partial charge in [-0.25, -0.2) is 0 Å². The number of hydrogen-bond donors (Lipinski definition) is 2. The highest BCUT2D eigenvalue weighted by Gasteiger charge is 2.16. The molecule has 0 aliphatic carbocycles. The Morgan fingerprint density at radius 2 is 1.70 bits per heavy atom. The largest absolute Gasteiger partial charge is 0.370 e. The molecule has 0 aromatic heterocycles. The minimum absolute atomic E-state index is 0.0142. The number of quaternary nitrogens is 1. The Hall–Kier alpha value is -2.17. The maximum Gasteiger partial charge on any atom is 0.251 e. The number of benzene rings is 2. The molecular weight excluding hydrogens is 336 g/mol. The second-order valence-electron chi connectivity index (χ2n) is 7.79. The summed E-state index contributed by atoms with van der Waals surface area (Å²) < 4.78 is 5.45. The summed E-state index contributed by atoms with van der Waals surface area (Å²) in [7, 11) is 0. The zero-order chi connectivity index (χ0) is 19.1. The van der Waals surface area contributed by atoms with Crippen LogP contribution in [0.15, 0.2) is 48.5 Å². The molecule has 144 valence electrons. The average Bonchev–Trinajstić information content (AvgIpc) is 2.68. The van der Waals surface area contributed by atoms with Gasteiger partial charge >= 0.3 is 0 Å². The van der Waals surface area contributed by atoms with E-state index in [2.05, 4.69) is 49.5 Å². The van der Waals surface area contributed by atoms with Gasteiger partial charge in [0.2, 0.25) is 0 Å². The van der Waals surface area contributed by atoms with E-state index < -0.39 is 0 Å². The van der Waals surface area contributed by atoms with Crippen LogP contribution in [0.4, 0.5) is 0 Å². The van der Waals surface area contributed by atoms with Gasteiger partial charge in [0.25, 0.3) is 5.91 Å². The molecule has 2 aromatic rings. The van der Waals surface area contributed by atoms with Crippen LogP contribution in [0.1, 0.15) is 40.9 Å². The molecule has 0 atom stereocenters. The summed E-state index contributed by atoms with van der Waals surface area (Å²) in [5.41, 5.74) is 4.50. The van der Waals surface area contributed by atoms with Gasteiger partial charge in [-0.1, -0.05) is 50.2 Å². The first kappa shape index (κ1) is 19.6. The fourth-order valence-electron chi connectivity index (χ4n) is 3.55. The zero-order valence-corrected chi connectivity index (χ0v) is 16.5. The molecule has 1 heterocycles. The Bertz CT molecular complexity index is 734. The van der Waals surface area contributed by atoms with Crippen LogP contribution in [0.3, 0.4) is 0 Å². The molecule has 1 aliphatic heterocycles. The molecule has 0 spiro atoms. The van der Waals surface area contributed by atoms with E-state index in [4.69, 9.17) is 4.74 Å². The normalized spacial score (nSPS) is 15.1. The van der Waals surface area contributed by atoms with Crippen LogP contribution >= 0.6 is 0 Å². The molecule has 4 nitrogen and oxygen atoms in total. The molecule has 0 saturated carbocycles. The van der Waals surface area contributed by atoms with E-state index in [1.165, 1.54) is 16.7 Å². The van der Waals surface area contributed by atoms with Crippen LogP contribution in [0.2, 0.25) is 0 Å². The lowest BCUT2D eigenvalue weighted by molar-refractivity contribution is -0.921. The lowest BCUT2D eigenvalue weighted by Crippen LogP contribution is -3.12. The van der Waals surface area contributed by atoms with E-state index in [1.54, 1.807) is 4.90 Å². The third kappa shape index (κ3) is 5.91. The molecule has 2 N–H and O–H groups in total. The fraction of sp³-hybridized carbons (Fsp3) is 0.435. The van der Waals surface area contributed by atoms with Gasteiger partial charge in [0.05, 0.1) is 13.2 Å². The van der Waals surface area contributed by atoms with Gasteiger partial charge in [-0.15, -0.1) is 0 Å². The van der Waals surface area contributed by atoms with Gasteiger partial charge in [0.15, 0.2) is 0 Å². The summed E-state index contributed by atoms with van der Waals surface area (Å²) >= 11 is 0. The summed E-state index contributed by atoms with van der Waals surface area (Å²) in [6.45, 7) is 9.72. The van der Waals surface area contributed by atoms with Crippen molar-refractivity contribution in [3.63, 3.8) is 0 Å². The van der Waals surface area contributed by atoms with E-state index in [1.807, 2.05) is 18.2 Å². The van der Waals surface area contributed by atoms with Crippen LogP contribution in [0, 0.1) is 5.92 Å². The van der Waals surface area contributed by atoms with E-state index in [0.29, 0.717) is 12.5 Å². The van der Waals surface area contributed by atoms with Crippen molar-refractivity contribution < 1.29 is 14.4 Å². The van der Waals surface area contributed by atoms with Gasteiger partial charge in [-0.3, -0.25) is 4.79 Å². The first-order chi connectivity index (χ1) is 13.1. The fourth-order valence-corrected chi connectivity index (χ4v) is 3.55. The van der Waals surface area contributed by atoms with Crippen LogP contribution in [0.25, 0.3) is 0 Å². The minimum Gasteiger partial charge on any atom is -0.370 e. The van der Waals surface area contributed by atoms with Gasteiger partial charge in [0.1, 0.15) is 19.6 Å². The number of carbonyl (C=O) groups is 1. The molecule has 4 heteroatoms. The van der Waals surface area contributed by atoms with Gasteiger partial charge < -0.3 is 15.0 Å². The van der Waals surface area contributed by atoms with Crippen molar-refractivity contribution in [1.29, 1.82) is 0 Å². The van der Waals surface area contributed by atoms with Crippen molar-refractivity contribution in [1.82, 2.24) is 5.32 Å². The summed E-state index contributed by atoms with van der Waals surface area (Å²) in [6.07, 6.45) is 1.04. The quantitative estimate of drug-likeness (QED) is 0.788. The van der Waals surface area contributed by atoms with Crippen molar-refractivity contribution in [3.05, 3.63) is 70.8 Å². The Labute approximate surface area is 162 Å². The molecule has 1 saturated heterocycles. The summed E-state index contributed by atoms with van der Waals surface area (Å²) in [4.78, 5) is 14.1. The van der Waals surface area contributed by atoms with Crippen LogP contribution in [-0.2, 0) is 24.2 Å². The second kappa shape index (κ2) is 9.67. The lowest BCUT2D eigenvalue weighted by atomic mass is 10.0. The number of carbonyl (C=O) groups excluding carboxylic acids is 1. The lowest BCUT2D eigenvalue weighted by Gasteiger charge is -2.24. The van der Waals surface area contributed by atoms with Crippen molar-refractivity contribution in [2.75, 3.05) is 26.3 Å². The minimum atomic E-state index is -0.0142. The first-order valence-electron chi connectivity index (χ1n) is 9.97. The maximum absolute atomic E-state index is 12.5.